The van der Waals surface area contributed by atoms with Crippen LogP contribution in [-0.2, 0) is 16.1 Å². The molecule has 1 aliphatic carbocycles. The molecule has 20 heavy (non-hydrogen) atoms. The molecule has 0 saturated heterocycles. The summed E-state index contributed by atoms with van der Waals surface area (Å²) in [4.78, 5) is 12.0. The number of ether oxygens (including phenoxy) is 1. The van der Waals surface area contributed by atoms with Gasteiger partial charge in [0.1, 0.15) is 0 Å². The second-order valence-electron chi connectivity index (χ2n) is 5.25. The van der Waals surface area contributed by atoms with Crippen LogP contribution in [0.1, 0.15) is 31.2 Å². The summed E-state index contributed by atoms with van der Waals surface area (Å²) in [6.07, 6.45) is 5.34. The van der Waals surface area contributed by atoms with Gasteiger partial charge >= 0.3 is 0 Å². The normalized spacial score (nSPS) is 18.9. The van der Waals surface area contributed by atoms with E-state index in [0.717, 1.165) is 24.8 Å². The first-order chi connectivity index (χ1) is 9.79. The maximum Gasteiger partial charge on any atom is 0.158 e. The molecule has 0 aliphatic heterocycles. The number of allylic oxidation sites excluding steroid dienone is 2. The van der Waals surface area contributed by atoms with Gasteiger partial charge in [-0.1, -0.05) is 36.4 Å². The van der Waals surface area contributed by atoms with Crippen LogP contribution in [0.2, 0.25) is 0 Å². The van der Waals surface area contributed by atoms with E-state index in [2.05, 4.69) is 18.2 Å². The van der Waals surface area contributed by atoms with E-state index in [4.69, 9.17) is 16.3 Å². The quantitative estimate of drug-likeness (QED) is 0.706. The lowest BCUT2D eigenvalue weighted by Gasteiger charge is -2.20. The van der Waals surface area contributed by atoms with Gasteiger partial charge in [-0.05, 0) is 36.3 Å². The van der Waals surface area contributed by atoms with Gasteiger partial charge in [-0.25, -0.2) is 0 Å². The zero-order valence-electron chi connectivity index (χ0n) is 11.7. The molecule has 1 aliphatic rings. The minimum Gasteiger partial charge on any atom is -0.376 e. The van der Waals surface area contributed by atoms with E-state index in [1.165, 1.54) is 5.56 Å². The van der Waals surface area contributed by atoms with Crippen molar-refractivity contribution in [3.8, 4) is 0 Å². The second-order valence-corrected chi connectivity index (χ2v) is 5.63. The monoisotopic (exact) mass is 292 g/mol. The van der Waals surface area contributed by atoms with Crippen LogP contribution in [-0.4, -0.2) is 18.3 Å². The summed E-state index contributed by atoms with van der Waals surface area (Å²) < 4.78 is 5.72. The maximum absolute atomic E-state index is 12.0. The van der Waals surface area contributed by atoms with Gasteiger partial charge in [-0.3, -0.25) is 4.79 Å². The van der Waals surface area contributed by atoms with Crippen molar-refractivity contribution in [3.63, 3.8) is 0 Å². The van der Waals surface area contributed by atoms with Crippen molar-refractivity contribution in [2.75, 3.05) is 12.5 Å². The summed E-state index contributed by atoms with van der Waals surface area (Å²) in [5.41, 5.74) is 2.14. The fourth-order valence-corrected chi connectivity index (χ4v) is 2.58. The number of ketones is 1. The van der Waals surface area contributed by atoms with Crippen LogP contribution in [0.25, 0.3) is 0 Å². The summed E-state index contributed by atoms with van der Waals surface area (Å²) >= 11 is 5.67. The number of hydrogen-bond acceptors (Lipinski definition) is 2. The van der Waals surface area contributed by atoms with Crippen LogP contribution >= 0.6 is 11.6 Å². The molecular weight excluding hydrogens is 272 g/mol. The van der Waals surface area contributed by atoms with Crippen LogP contribution in [0.5, 0.6) is 0 Å². The molecule has 1 atom stereocenters. The predicted octanol–water partition coefficient (Wildman–Crippen LogP) is 4.13. The van der Waals surface area contributed by atoms with Crippen molar-refractivity contribution >= 4 is 17.4 Å². The Labute approximate surface area is 125 Å². The van der Waals surface area contributed by atoms with Gasteiger partial charge in [0.2, 0.25) is 0 Å². The van der Waals surface area contributed by atoms with E-state index in [1.807, 2.05) is 18.2 Å². The molecule has 3 heteroatoms. The fourth-order valence-electron chi connectivity index (χ4n) is 2.44. The number of hydrogen-bond donors (Lipinski definition) is 0. The van der Waals surface area contributed by atoms with Crippen molar-refractivity contribution < 1.29 is 9.53 Å². The number of alkyl halides is 1. The van der Waals surface area contributed by atoms with Gasteiger partial charge in [0.05, 0.1) is 13.2 Å². The number of carbonyl (C=O) groups is 1. The Bertz CT molecular complexity index is 453. The molecule has 0 saturated carbocycles. The largest absolute Gasteiger partial charge is 0.376 e. The molecule has 0 bridgehead atoms. The highest BCUT2D eigenvalue weighted by atomic mass is 35.5. The summed E-state index contributed by atoms with van der Waals surface area (Å²) in [6.45, 7) is 1.27. The van der Waals surface area contributed by atoms with Gasteiger partial charge in [-0.2, -0.15) is 0 Å². The Morgan fingerprint density at radius 1 is 1.25 bits per heavy atom. The van der Waals surface area contributed by atoms with Crippen molar-refractivity contribution in [1.82, 2.24) is 0 Å². The van der Waals surface area contributed by atoms with E-state index in [1.54, 1.807) is 0 Å². The second kappa shape index (κ2) is 8.23. The number of carbonyl (C=O) groups excluding carboxylic acids is 1. The summed E-state index contributed by atoms with van der Waals surface area (Å²) in [5, 5.41) is 0. The third kappa shape index (κ3) is 4.77. The Morgan fingerprint density at radius 3 is 2.75 bits per heavy atom. The van der Waals surface area contributed by atoms with Crippen molar-refractivity contribution in [3.05, 3.63) is 47.5 Å². The van der Waals surface area contributed by atoms with Gasteiger partial charge in [0.15, 0.2) is 5.78 Å². The summed E-state index contributed by atoms with van der Waals surface area (Å²) in [5.74, 6) is 1.22. The van der Waals surface area contributed by atoms with Gasteiger partial charge in [-0.15, -0.1) is 11.6 Å². The van der Waals surface area contributed by atoms with E-state index < -0.39 is 0 Å². The SMILES string of the molecule is O=C1CC(COCc2ccccc2)CC=C1CCCCl. The van der Waals surface area contributed by atoms with Crippen LogP contribution in [0.3, 0.4) is 0 Å². The van der Waals surface area contributed by atoms with E-state index in [9.17, 15) is 4.79 Å². The standard InChI is InChI=1S/C17H21ClO2/c18-10-4-7-16-9-8-15(11-17(16)19)13-20-12-14-5-2-1-3-6-14/h1-3,5-6,9,15H,4,7-8,10-13H2. The number of benzene rings is 1. The molecule has 0 spiro atoms. The van der Waals surface area contributed by atoms with Crippen LogP contribution < -0.4 is 0 Å². The first-order valence-electron chi connectivity index (χ1n) is 7.19. The Balaban J connectivity index is 1.73. The minimum atomic E-state index is 0.273. The van der Waals surface area contributed by atoms with Crippen LogP contribution in [0, 0.1) is 5.92 Å². The van der Waals surface area contributed by atoms with Crippen LogP contribution in [0.15, 0.2) is 42.0 Å². The van der Waals surface area contributed by atoms with E-state index in [-0.39, 0.29) is 5.78 Å². The fraction of sp³-hybridized carbons (Fsp3) is 0.471. The molecule has 0 aromatic heterocycles. The van der Waals surface area contributed by atoms with Crippen molar-refractivity contribution in [2.45, 2.75) is 32.3 Å². The molecule has 2 nitrogen and oxygen atoms in total. The lowest BCUT2D eigenvalue weighted by Crippen LogP contribution is -2.20. The van der Waals surface area contributed by atoms with Crippen molar-refractivity contribution in [2.24, 2.45) is 5.92 Å². The number of Topliss-reactive ketones (excluding diaryl/α,β-unsaturated/α-hetero) is 1. The molecule has 0 amide bonds. The first kappa shape index (κ1) is 15.3. The Hall–Kier alpha value is -1.12. The molecule has 1 aromatic rings. The molecule has 0 heterocycles. The first-order valence-corrected chi connectivity index (χ1v) is 7.73. The molecular formula is C17H21ClO2. The third-order valence-corrected chi connectivity index (χ3v) is 3.84. The molecule has 2 rings (SSSR count). The smallest absolute Gasteiger partial charge is 0.158 e. The molecule has 0 radical (unpaired) electrons. The highest BCUT2D eigenvalue weighted by Crippen LogP contribution is 2.24. The van der Waals surface area contributed by atoms with E-state index in [0.29, 0.717) is 31.4 Å². The maximum atomic E-state index is 12.0. The van der Waals surface area contributed by atoms with Gasteiger partial charge in [0, 0.05) is 12.3 Å². The van der Waals surface area contributed by atoms with E-state index >= 15 is 0 Å². The Kier molecular flexibility index (Phi) is 6.28. The lowest BCUT2D eigenvalue weighted by atomic mass is 9.87. The highest BCUT2D eigenvalue weighted by Gasteiger charge is 2.21. The lowest BCUT2D eigenvalue weighted by molar-refractivity contribution is -0.117. The number of rotatable bonds is 7. The average molecular weight is 293 g/mol. The summed E-state index contributed by atoms with van der Waals surface area (Å²) in [6, 6.07) is 10.1. The minimum absolute atomic E-state index is 0.273. The zero-order chi connectivity index (χ0) is 14.2. The highest BCUT2D eigenvalue weighted by molar-refractivity contribution is 6.17. The number of halogens is 1. The topological polar surface area (TPSA) is 26.3 Å². The molecule has 0 N–H and O–H groups in total. The Morgan fingerprint density at radius 2 is 2.05 bits per heavy atom. The third-order valence-electron chi connectivity index (χ3n) is 3.57. The summed E-state index contributed by atoms with van der Waals surface area (Å²) in [7, 11) is 0. The van der Waals surface area contributed by atoms with Crippen molar-refractivity contribution in [1.29, 1.82) is 0 Å². The average Bonchev–Trinajstić information content (AvgIpc) is 2.47. The predicted molar refractivity (Wildman–Crippen MR) is 81.9 cm³/mol. The van der Waals surface area contributed by atoms with Crippen LogP contribution in [0.4, 0.5) is 0 Å². The zero-order valence-corrected chi connectivity index (χ0v) is 12.4. The van der Waals surface area contributed by atoms with Gasteiger partial charge < -0.3 is 4.74 Å². The van der Waals surface area contributed by atoms with Gasteiger partial charge in [0.25, 0.3) is 0 Å². The molecule has 1 unspecified atom stereocenters. The molecule has 1 aromatic carbocycles. The molecule has 0 fully saturated rings. The molecule has 108 valence electrons.